The first kappa shape index (κ1) is 28.6. The minimum absolute atomic E-state index is 0.0267. The van der Waals surface area contributed by atoms with E-state index in [9.17, 15) is 14.7 Å². The summed E-state index contributed by atoms with van der Waals surface area (Å²) in [6, 6.07) is 2.10. The van der Waals surface area contributed by atoms with Crippen molar-refractivity contribution in [3.8, 4) is 11.8 Å². The molecule has 0 radical (unpaired) electrons. The molecule has 2 fully saturated rings. The molecular formula is C29H40N4O3S2. The fourth-order valence-corrected chi connectivity index (χ4v) is 6.81. The van der Waals surface area contributed by atoms with Crippen molar-refractivity contribution in [3.05, 3.63) is 27.4 Å². The highest BCUT2D eigenvalue weighted by molar-refractivity contribution is 7.15. The first-order valence-electron chi connectivity index (χ1n) is 13.6. The molecule has 38 heavy (non-hydrogen) atoms. The van der Waals surface area contributed by atoms with Gasteiger partial charge >= 0.3 is 5.97 Å². The molecule has 2 N–H and O–H groups in total. The monoisotopic (exact) mass is 556 g/mol. The number of carboxylic acids is 1. The van der Waals surface area contributed by atoms with Crippen LogP contribution in [0.4, 0.5) is 10.8 Å². The Morgan fingerprint density at radius 3 is 2.37 bits per heavy atom. The highest BCUT2D eigenvalue weighted by atomic mass is 32.1. The average molecular weight is 557 g/mol. The summed E-state index contributed by atoms with van der Waals surface area (Å²) in [7, 11) is 1.98. The Hall–Kier alpha value is -2.41. The minimum atomic E-state index is -0.996. The molecule has 0 unspecified atom stereocenters. The second-order valence-electron chi connectivity index (χ2n) is 11.8. The fourth-order valence-electron chi connectivity index (χ4n) is 5.40. The van der Waals surface area contributed by atoms with Crippen LogP contribution in [0.1, 0.15) is 93.6 Å². The van der Waals surface area contributed by atoms with Crippen molar-refractivity contribution in [3.63, 3.8) is 0 Å². The Labute approximate surface area is 234 Å². The van der Waals surface area contributed by atoms with E-state index in [0.29, 0.717) is 16.5 Å². The summed E-state index contributed by atoms with van der Waals surface area (Å²) < 4.78 is 0. The van der Waals surface area contributed by atoms with E-state index in [2.05, 4.69) is 29.2 Å². The van der Waals surface area contributed by atoms with Crippen molar-refractivity contribution < 1.29 is 14.7 Å². The van der Waals surface area contributed by atoms with Crippen LogP contribution >= 0.6 is 22.7 Å². The summed E-state index contributed by atoms with van der Waals surface area (Å²) in [6.45, 7) is 8.35. The van der Waals surface area contributed by atoms with E-state index in [4.69, 9.17) is 0 Å². The number of hydrogen-bond donors (Lipinski definition) is 2. The molecule has 206 valence electrons. The molecule has 1 amide bonds. The maximum absolute atomic E-state index is 14.1. The second kappa shape index (κ2) is 12.2. The van der Waals surface area contributed by atoms with Gasteiger partial charge in [0.05, 0.1) is 10.6 Å². The van der Waals surface area contributed by atoms with Crippen LogP contribution in [0.3, 0.4) is 0 Å². The Balaban J connectivity index is 1.59. The lowest BCUT2D eigenvalue weighted by atomic mass is 9.81. The van der Waals surface area contributed by atoms with Crippen LogP contribution in [-0.2, 0) is 4.79 Å². The summed E-state index contributed by atoms with van der Waals surface area (Å²) in [5, 5.41) is 15.0. The van der Waals surface area contributed by atoms with E-state index in [-0.39, 0.29) is 34.2 Å². The number of anilines is 2. The fraction of sp³-hybridized carbons (Fsp3) is 0.621. The minimum Gasteiger partial charge on any atom is -0.477 e. The van der Waals surface area contributed by atoms with Crippen LogP contribution in [0.5, 0.6) is 0 Å². The van der Waals surface area contributed by atoms with Crippen molar-refractivity contribution in [1.29, 1.82) is 0 Å². The predicted molar refractivity (Wildman–Crippen MR) is 156 cm³/mol. The largest absolute Gasteiger partial charge is 0.477 e. The van der Waals surface area contributed by atoms with E-state index in [1.807, 2.05) is 49.2 Å². The van der Waals surface area contributed by atoms with Crippen LogP contribution in [0.15, 0.2) is 17.6 Å². The van der Waals surface area contributed by atoms with Crippen molar-refractivity contribution in [2.75, 3.05) is 17.0 Å². The normalized spacial score (nSPS) is 23.8. The molecular weight excluding hydrogens is 516 g/mol. The number of aromatic nitrogens is 1. The lowest BCUT2D eigenvalue weighted by Gasteiger charge is -2.40. The highest BCUT2D eigenvalue weighted by Crippen LogP contribution is 2.39. The van der Waals surface area contributed by atoms with Crippen molar-refractivity contribution >= 4 is 45.4 Å². The molecule has 2 aliphatic rings. The number of nitrogens with one attached hydrogen (secondary N) is 1. The number of nitrogens with zero attached hydrogens (tertiary/aromatic N) is 3. The van der Waals surface area contributed by atoms with Crippen molar-refractivity contribution in [2.45, 2.75) is 91.1 Å². The van der Waals surface area contributed by atoms with Gasteiger partial charge < -0.3 is 10.0 Å². The number of carbonyl (C=O) groups is 2. The molecule has 0 atom stereocenters. The summed E-state index contributed by atoms with van der Waals surface area (Å²) in [5.41, 5.74) is 3.88. The van der Waals surface area contributed by atoms with Gasteiger partial charge in [0.1, 0.15) is 4.88 Å². The molecule has 0 saturated heterocycles. The van der Waals surface area contributed by atoms with Gasteiger partial charge in [-0.25, -0.2) is 15.2 Å². The molecule has 2 aromatic rings. The Morgan fingerprint density at radius 1 is 1.11 bits per heavy atom. The summed E-state index contributed by atoms with van der Waals surface area (Å²) in [5.74, 6) is 6.06. The van der Waals surface area contributed by atoms with Crippen LogP contribution in [0, 0.1) is 29.1 Å². The standard InChI is InChI=1S/C29H40N4O3S2/c1-19-6-8-20(9-7-19)26(34)33(24-18-23(14-15-29(2,3)4)38-25(24)27(35)36)22-12-10-21(11-13-22)31-32(5)28-30-16-17-37-28/h16-22,31H,6-13H2,1-5H3,(H,35,36)/t19?,20?,21-,22-. The van der Waals surface area contributed by atoms with Crippen LogP contribution in [-0.4, -0.2) is 41.1 Å². The maximum atomic E-state index is 14.1. The summed E-state index contributed by atoms with van der Waals surface area (Å²) in [4.78, 5) is 33.6. The van der Waals surface area contributed by atoms with E-state index < -0.39 is 5.97 Å². The number of amides is 1. The number of thiophene rings is 1. The molecule has 9 heteroatoms. The Morgan fingerprint density at radius 2 is 1.79 bits per heavy atom. The zero-order valence-corrected chi connectivity index (χ0v) is 24.8. The molecule has 7 nitrogen and oxygen atoms in total. The zero-order chi connectivity index (χ0) is 27.4. The molecule has 2 heterocycles. The molecule has 4 rings (SSSR count). The van der Waals surface area contributed by atoms with E-state index in [1.165, 1.54) is 11.3 Å². The van der Waals surface area contributed by atoms with Gasteiger partial charge in [0.15, 0.2) is 5.13 Å². The van der Waals surface area contributed by atoms with Crippen molar-refractivity contribution in [1.82, 2.24) is 10.4 Å². The summed E-state index contributed by atoms with van der Waals surface area (Å²) >= 11 is 2.77. The smallest absolute Gasteiger partial charge is 0.348 e. The molecule has 2 aromatic heterocycles. The van der Waals surface area contributed by atoms with Gasteiger partial charge in [-0.2, -0.15) is 0 Å². The second-order valence-corrected chi connectivity index (χ2v) is 13.7. The van der Waals surface area contributed by atoms with Crippen LogP contribution in [0.25, 0.3) is 0 Å². The molecule has 0 spiro atoms. The van der Waals surface area contributed by atoms with Gasteiger partial charge in [-0.1, -0.05) is 18.8 Å². The van der Waals surface area contributed by atoms with Gasteiger partial charge in [0, 0.05) is 42.0 Å². The Bertz CT molecular complexity index is 1160. The van der Waals surface area contributed by atoms with Gasteiger partial charge in [-0.3, -0.25) is 9.80 Å². The maximum Gasteiger partial charge on any atom is 0.348 e. The van der Waals surface area contributed by atoms with E-state index >= 15 is 0 Å². The van der Waals surface area contributed by atoms with Crippen LogP contribution in [0.2, 0.25) is 0 Å². The van der Waals surface area contributed by atoms with Crippen LogP contribution < -0.4 is 15.3 Å². The number of aromatic carboxylic acids is 1. The van der Waals surface area contributed by atoms with E-state index in [1.54, 1.807) is 17.5 Å². The van der Waals surface area contributed by atoms with Gasteiger partial charge in [0.2, 0.25) is 5.91 Å². The number of carbonyl (C=O) groups excluding carboxylic acids is 1. The third-order valence-corrected chi connectivity index (χ3v) is 9.35. The topological polar surface area (TPSA) is 85.8 Å². The van der Waals surface area contributed by atoms with Gasteiger partial charge in [0.25, 0.3) is 0 Å². The predicted octanol–water partition coefficient (Wildman–Crippen LogP) is 6.41. The zero-order valence-electron chi connectivity index (χ0n) is 23.1. The highest BCUT2D eigenvalue weighted by Gasteiger charge is 2.37. The number of rotatable bonds is 7. The third-order valence-electron chi connectivity index (χ3n) is 7.47. The number of carboxylic acid groups (broad SMARTS) is 1. The molecule has 0 bridgehead atoms. The first-order chi connectivity index (χ1) is 18.0. The first-order valence-corrected chi connectivity index (χ1v) is 15.3. The Kier molecular flexibility index (Phi) is 9.17. The van der Waals surface area contributed by atoms with E-state index in [0.717, 1.165) is 56.5 Å². The lowest BCUT2D eigenvalue weighted by Crippen LogP contribution is -2.50. The lowest BCUT2D eigenvalue weighted by molar-refractivity contribution is -0.124. The average Bonchev–Trinajstić information content (AvgIpc) is 3.55. The SMILES string of the molecule is CC1CCC(C(=O)N(c2cc(C#CC(C)(C)C)sc2C(=O)O)[C@H]2CC[C@H](NN(C)c3nccs3)CC2)CC1. The van der Waals surface area contributed by atoms with Gasteiger partial charge in [-0.05, 0) is 84.1 Å². The molecule has 2 saturated carbocycles. The number of hydrogen-bond acceptors (Lipinski definition) is 7. The third kappa shape index (κ3) is 7.16. The number of hydrazine groups is 1. The number of thiazole rings is 1. The quantitative estimate of drug-likeness (QED) is 0.303. The molecule has 2 aliphatic carbocycles. The van der Waals surface area contributed by atoms with Gasteiger partial charge in [-0.15, -0.1) is 22.7 Å². The van der Waals surface area contributed by atoms with Crippen molar-refractivity contribution in [2.24, 2.45) is 17.3 Å². The summed E-state index contributed by atoms with van der Waals surface area (Å²) in [6.07, 6.45) is 9.05. The molecule has 0 aromatic carbocycles. The molecule has 0 aliphatic heterocycles.